The van der Waals surface area contributed by atoms with Crippen LogP contribution in [0.15, 0.2) is 29.3 Å². The van der Waals surface area contributed by atoms with E-state index in [1.54, 1.807) is 0 Å². The van der Waals surface area contributed by atoms with E-state index >= 15 is 0 Å². The quantitative estimate of drug-likeness (QED) is 0.601. The molecule has 0 unspecified atom stereocenters. The van der Waals surface area contributed by atoms with E-state index < -0.39 is 0 Å². The molecule has 0 aliphatic carbocycles. The van der Waals surface area contributed by atoms with Crippen LogP contribution < -0.4 is 10.6 Å². The number of nitrogens with zero attached hydrogens (tertiary/aromatic N) is 1. The molecule has 3 nitrogen and oxygen atoms in total. The van der Waals surface area contributed by atoms with Crippen LogP contribution in [0, 0.1) is 5.82 Å². The molecule has 0 fully saturated rings. The van der Waals surface area contributed by atoms with Crippen molar-refractivity contribution in [3.63, 3.8) is 0 Å². The molecule has 0 aromatic heterocycles. The molecule has 0 aliphatic heterocycles. The summed E-state index contributed by atoms with van der Waals surface area (Å²) in [5.41, 5.74) is 1.12. The smallest absolute Gasteiger partial charge is 0.191 e. The zero-order valence-electron chi connectivity index (χ0n) is 11.2. The van der Waals surface area contributed by atoms with E-state index in [9.17, 15) is 4.39 Å². The van der Waals surface area contributed by atoms with Crippen LogP contribution in [0.2, 0.25) is 0 Å². The van der Waals surface area contributed by atoms with E-state index in [0.717, 1.165) is 44.0 Å². The molecule has 0 saturated carbocycles. The second-order valence-electron chi connectivity index (χ2n) is 4.06. The summed E-state index contributed by atoms with van der Waals surface area (Å²) >= 11 is 0. The average Bonchev–Trinajstić information content (AvgIpc) is 2.38. The zero-order chi connectivity index (χ0) is 13.2. The number of benzene rings is 1. The molecule has 4 heteroatoms. The van der Waals surface area contributed by atoms with Crippen LogP contribution >= 0.6 is 0 Å². The minimum atomic E-state index is -0.190. The fourth-order valence-electron chi connectivity index (χ4n) is 1.54. The SMILES string of the molecule is CCCN=C(NCC)NCCc1ccc(F)cc1. The Kier molecular flexibility index (Phi) is 6.84. The Morgan fingerprint density at radius 1 is 1.17 bits per heavy atom. The van der Waals surface area contributed by atoms with Gasteiger partial charge in [-0.2, -0.15) is 0 Å². The highest BCUT2D eigenvalue weighted by Gasteiger charge is 1.97. The molecule has 0 heterocycles. The van der Waals surface area contributed by atoms with Gasteiger partial charge in [0.15, 0.2) is 5.96 Å². The van der Waals surface area contributed by atoms with Crippen molar-refractivity contribution in [2.45, 2.75) is 26.7 Å². The fourth-order valence-corrected chi connectivity index (χ4v) is 1.54. The van der Waals surface area contributed by atoms with Gasteiger partial charge in [0.25, 0.3) is 0 Å². The number of guanidine groups is 1. The van der Waals surface area contributed by atoms with E-state index in [2.05, 4.69) is 22.5 Å². The molecule has 0 amide bonds. The van der Waals surface area contributed by atoms with Gasteiger partial charge in [-0.25, -0.2) is 4.39 Å². The summed E-state index contributed by atoms with van der Waals surface area (Å²) in [7, 11) is 0. The Labute approximate surface area is 109 Å². The van der Waals surface area contributed by atoms with Crippen molar-refractivity contribution in [3.8, 4) is 0 Å². The summed E-state index contributed by atoms with van der Waals surface area (Å²) in [6.07, 6.45) is 1.89. The second-order valence-corrected chi connectivity index (χ2v) is 4.06. The molecule has 18 heavy (non-hydrogen) atoms. The number of halogens is 1. The fraction of sp³-hybridized carbons (Fsp3) is 0.500. The van der Waals surface area contributed by atoms with Crippen molar-refractivity contribution < 1.29 is 4.39 Å². The van der Waals surface area contributed by atoms with Gasteiger partial charge in [-0.15, -0.1) is 0 Å². The Morgan fingerprint density at radius 2 is 1.89 bits per heavy atom. The van der Waals surface area contributed by atoms with Crippen LogP contribution in [0.4, 0.5) is 4.39 Å². The number of aliphatic imine (C=N–C) groups is 1. The van der Waals surface area contributed by atoms with E-state index in [1.165, 1.54) is 12.1 Å². The molecule has 1 aromatic carbocycles. The van der Waals surface area contributed by atoms with Gasteiger partial charge in [0.2, 0.25) is 0 Å². The van der Waals surface area contributed by atoms with E-state index in [4.69, 9.17) is 0 Å². The van der Waals surface area contributed by atoms with Crippen LogP contribution in [0.1, 0.15) is 25.8 Å². The van der Waals surface area contributed by atoms with Crippen LogP contribution in [0.5, 0.6) is 0 Å². The first-order valence-electron chi connectivity index (χ1n) is 6.53. The van der Waals surface area contributed by atoms with Gasteiger partial charge in [-0.3, -0.25) is 4.99 Å². The first-order chi connectivity index (χ1) is 8.76. The molecule has 0 spiro atoms. The molecule has 100 valence electrons. The minimum Gasteiger partial charge on any atom is -0.357 e. The van der Waals surface area contributed by atoms with E-state index in [-0.39, 0.29) is 5.82 Å². The lowest BCUT2D eigenvalue weighted by Crippen LogP contribution is -2.38. The average molecular weight is 251 g/mol. The third-order valence-electron chi connectivity index (χ3n) is 2.46. The van der Waals surface area contributed by atoms with Gasteiger partial charge < -0.3 is 10.6 Å². The molecule has 1 aromatic rings. The highest BCUT2D eigenvalue weighted by molar-refractivity contribution is 5.79. The highest BCUT2D eigenvalue weighted by atomic mass is 19.1. The Balaban J connectivity index is 2.36. The van der Waals surface area contributed by atoms with Crippen molar-refractivity contribution in [3.05, 3.63) is 35.6 Å². The first kappa shape index (κ1) is 14.5. The summed E-state index contributed by atoms with van der Waals surface area (Å²) in [4.78, 5) is 4.41. The van der Waals surface area contributed by atoms with Gasteiger partial charge in [0, 0.05) is 19.6 Å². The molecule has 2 N–H and O–H groups in total. The molecule has 1 rings (SSSR count). The van der Waals surface area contributed by atoms with E-state index in [1.807, 2.05) is 19.1 Å². The standard InChI is InChI=1S/C14H22FN3/c1-3-10-17-14(16-4-2)18-11-9-12-5-7-13(15)8-6-12/h5-8H,3-4,9-11H2,1-2H3,(H2,16,17,18). The predicted octanol–water partition coefficient (Wildman–Crippen LogP) is 2.33. The lowest BCUT2D eigenvalue weighted by molar-refractivity contribution is 0.626. The van der Waals surface area contributed by atoms with Crippen LogP contribution in [-0.2, 0) is 6.42 Å². The van der Waals surface area contributed by atoms with Crippen LogP contribution in [0.25, 0.3) is 0 Å². The Hall–Kier alpha value is -1.58. The largest absolute Gasteiger partial charge is 0.357 e. The molecule has 0 bridgehead atoms. The molecule has 0 aliphatic rings. The second kappa shape index (κ2) is 8.50. The number of rotatable bonds is 6. The van der Waals surface area contributed by atoms with Crippen molar-refractivity contribution in [1.82, 2.24) is 10.6 Å². The van der Waals surface area contributed by atoms with Crippen molar-refractivity contribution in [2.24, 2.45) is 4.99 Å². The predicted molar refractivity (Wildman–Crippen MR) is 74.4 cm³/mol. The highest BCUT2D eigenvalue weighted by Crippen LogP contribution is 2.02. The summed E-state index contributed by atoms with van der Waals surface area (Å²) in [6.45, 7) is 6.62. The zero-order valence-corrected chi connectivity index (χ0v) is 11.2. The summed E-state index contributed by atoms with van der Waals surface area (Å²) < 4.78 is 12.7. The van der Waals surface area contributed by atoms with Crippen LogP contribution in [0.3, 0.4) is 0 Å². The molecule has 0 radical (unpaired) electrons. The summed E-state index contributed by atoms with van der Waals surface area (Å²) in [5.74, 6) is 0.658. The first-order valence-corrected chi connectivity index (χ1v) is 6.53. The lowest BCUT2D eigenvalue weighted by atomic mass is 10.1. The molecule has 0 saturated heterocycles. The third-order valence-corrected chi connectivity index (χ3v) is 2.46. The molecular weight excluding hydrogens is 229 g/mol. The summed E-state index contributed by atoms with van der Waals surface area (Å²) in [6, 6.07) is 6.61. The van der Waals surface area contributed by atoms with Gasteiger partial charge in [0.1, 0.15) is 5.82 Å². The Bertz CT molecular complexity index is 360. The van der Waals surface area contributed by atoms with Gasteiger partial charge in [0.05, 0.1) is 0 Å². The molecule has 0 atom stereocenters. The number of nitrogens with one attached hydrogen (secondary N) is 2. The van der Waals surface area contributed by atoms with Gasteiger partial charge >= 0.3 is 0 Å². The monoisotopic (exact) mass is 251 g/mol. The maximum atomic E-state index is 12.7. The Morgan fingerprint density at radius 3 is 2.50 bits per heavy atom. The van der Waals surface area contributed by atoms with Crippen LogP contribution in [-0.4, -0.2) is 25.6 Å². The maximum absolute atomic E-state index is 12.7. The topological polar surface area (TPSA) is 36.4 Å². The lowest BCUT2D eigenvalue weighted by Gasteiger charge is -2.11. The normalized spacial score (nSPS) is 11.4. The summed E-state index contributed by atoms with van der Waals surface area (Å²) in [5, 5.41) is 6.46. The maximum Gasteiger partial charge on any atom is 0.191 e. The minimum absolute atomic E-state index is 0.190. The number of hydrogen-bond acceptors (Lipinski definition) is 1. The molecular formula is C14H22FN3. The van der Waals surface area contributed by atoms with Crippen molar-refractivity contribution in [2.75, 3.05) is 19.6 Å². The van der Waals surface area contributed by atoms with Gasteiger partial charge in [-0.05, 0) is 37.5 Å². The van der Waals surface area contributed by atoms with Crippen molar-refractivity contribution in [1.29, 1.82) is 0 Å². The third kappa shape index (κ3) is 5.66. The number of hydrogen-bond donors (Lipinski definition) is 2. The van der Waals surface area contributed by atoms with E-state index in [0.29, 0.717) is 0 Å². The van der Waals surface area contributed by atoms with Crippen molar-refractivity contribution >= 4 is 5.96 Å². The van der Waals surface area contributed by atoms with Gasteiger partial charge in [-0.1, -0.05) is 19.1 Å².